The van der Waals surface area contributed by atoms with Gasteiger partial charge < -0.3 is 5.32 Å². The molecule has 4 atom stereocenters. The minimum atomic E-state index is 0.991. The van der Waals surface area contributed by atoms with E-state index in [1.54, 1.807) is 0 Å². The molecule has 1 N–H and O–H groups in total. The largest absolute Gasteiger partial charge is 0.316 e. The fourth-order valence-electron chi connectivity index (χ4n) is 2.51. The monoisotopic (exact) mass is 125 g/mol. The van der Waals surface area contributed by atoms with Crippen molar-refractivity contribution in [1.82, 2.24) is 5.32 Å². The molecule has 1 aliphatic carbocycles. The fourth-order valence-corrected chi connectivity index (χ4v) is 2.51. The van der Waals surface area contributed by atoms with Crippen LogP contribution in [0.5, 0.6) is 0 Å². The summed E-state index contributed by atoms with van der Waals surface area (Å²) in [4.78, 5) is 0. The third kappa shape index (κ3) is 0.586. The first-order valence-electron chi connectivity index (χ1n) is 4.01. The Hall–Kier alpha value is -0.0400. The summed E-state index contributed by atoms with van der Waals surface area (Å²) in [6.45, 7) is 7.35. The van der Waals surface area contributed by atoms with Crippen LogP contribution in [0.2, 0.25) is 0 Å². The second kappa shape index (κ2) is 1.72. The standard InChI is InChI=1S/C8H15N/c1-5-6(2)8-4-9-3-7(5)8/h5-9H,3-4H2,1-2H3. The Morgan fingerprint density at radius 1 is 1.00 bits per heavy atom. The highest BCUT2D eigenvalue weighted by Gasteiger charge is 2.46. The Balaban J connectivity index is 2.06. The van der Waals surface area contributed by atoms with Crippen LogP contribution in [-0.4, -0.2) is 13.1 Å². The number of fused-ring (bicyclic) bond motifs is 1. The normalized spacial score (nSPS) is 56.7. The molecular formula is C8H15N. The minimum Gasteiger partial charge on any atom is -0.316 e. The van der Waals surface area contributed by atoms with E-state index in [1.165, 1.54) is 13.1 Å². The average Bonchev–Trinajstić information content (AvgIpc) is 2.30. The smallest absolute Gasteiger partial charge is 0.00145 e. The molecule has 2 aliphatic rings. The molecule has 0 bridgehead atoms. The van der Waals surface area contributed by atoms with Gasteiger partial charge in [-0.15, -0.1) is 0 Å². The van der Waals surface area contributed by atoms with Crippen LogP contribution in [0, 0.1) is 23.7 Å². The lowest BCUT2D eigenvalue weighted by atomic mass is 9.60. The molecule has 0 amide bonds. The SMILES string of the molecule is CC1C(C)C2CNCC12. The zero-order valence-corrected chi connectivity index (χ0v) is 6.22. The van der Waals surface area contributed by atoms with Crippen LogP contribution in [0.25, 0.3) is 0 Å². The van der Waals surface area contributed by atoms with Gasteiger partial charge in [0.2, 0.25) is 0 Å². The van der Waals surface area contributed by atoms with Gasteiger partial charge in [0.15, 0.2) is 0 Å². The first-order chi connectivity index (χ1) is 4.30. The van der Waals surface area contributed by atoms with Crippen LogP contribution in [0.15, 0.2) is 0 Å². The van der Waals surface area contributed by atoms with E-state index >= 15 is 0 Å². The maximum absolute atomic E-state index is 3.45. The average molecular weight is 125 g/mol. The van der Waals surface area contributed by atoms with Gasteiger partial charge in [-0.25, -0.2) is 0 Å². The summed E-state index contributed by atoms with van der Waals surface area (Å²) in [5.74, 6) is 4.04. The van der Waals surface area contributed by atoms with Crippen molar-refractivity contribution >= 4 is 0 Å². The third-order valence-electron chi connectivity index (χ3n) is 3.49. The van der Waals surface area contributed by atoms with E-state index in [0.29, 0.717) is 0 Å². The number of hydrogen-bond donors (Lipinski definition) is 1. The topological polar surface area (TPSA) is 12.0 Å². The highest BCUT2D eigenvalue weighted by molar-refractivity contribution is 4.98. The Kier molecular flexibility index (Phi) is 1.10. The molecule has 0 radical (unpaired) electrons. The third-order valence-corrected chi connectivity index (χ3v) is 3.49. The van der Waals surface area contributed by atoms with Crippen molar-refractivity contribution in [3.8, 4) is 0 Å². The molecule has 52 valence electrons. The van der Waals surface area contributed by atoms with E-state index < -0.39 is 0 Å². The van der Waals surface area contributed by atoms with Gasteiger partial charge in [-0.1, -0.05) is 13.8 Å². The molecule has 1 saturated heterocycles. The molecule has 1 heteroatoms. The van der Waals surface area contributed by atoms with Gasteiger partial charge in [0, 0.05) is 0 Å². The molecule has 0 aromatic carbocycles. The maximum atomic E-state index is 3.45. The fraction of sp³-hybridized carbons (Fsp3) is 1.00. The second-order valence-corrected chi connectivity index (χ2v) is 3.70. The van der Waals surface area contributed by atoms with Crippen LogP contribution < -0.4 is 5.32 Å². The van der Waals surface area contributed by atoms with E-state index in [9.17, 15) is 0 Å². The van der Waals surface area contributed by atoms with Crippen molar-refractivity contribution in [2.24, 2.45) is 23.7 Å². The van der Waals surface area contributed by atoms with E-state index in [2.05, 4.69) is 19.2 Å². The summed E-state index contributed by atoms with van der Waals surface area (Å²) >= 11 is 0. The number of hydrogen-bond acceptors (Lipinski definition) is 1. The summed E-state index contributed by atoms with van der Waals surface area (Å²) in [5.41, 5.74) is 0. The maximum Gasteiger partial charge on any atom is -0.00145 e. The molecule has 1 nitrogen and oxygen atoms in total. The summed E-state index contributed by atoms with van der Waals surface area (Å²) in [6, 6.07) is 0. The van der Waals surface area contributed by atoms with Gasteiger partial charge in [-0.3, -0.25) is 0 Å². The van der Waals surface area contributed by atoms with E-state index in [-0.39, 0.29) is 0 Å². The summed E-state index contributed by atoms with van der Waals surface area (Å²) in [5, 5.41) is 3.45. The predicted molar refractivity (Wildman–Crippen MR) is 38.2 cm³/mol. The lowest BCUT2D eigenvalue weighted by Gasteiger charge is -2.44. The molecule has 4 unspecified atom stereocenters. The Morgan fingerprint density at radius 3 is 1.89 bits per heavy atom. The van der Waals surface area contributed by atoms with Gasteiger partial charge in [0.25, 0.3) is 0 Å². The Morgan fingerprint density at radius 2 is 1.44 bits per heavy atom. The molecule has 1 saturated carbocycles. The van der Waals surface area contributed by atoms with Crippen LogP contribution in [0.3, 0.4) is 0 Å². The Bertz CT molecular complexity index is 108. The lowest BCUT2D eigenvalue weighted by Crippen LogP contribution is -2.42. The van der Waals surface area contributed by atoms with E-state index in [1.807, 2.05) is 0 Å². The molecule has 2 fully saturated rings. The van der Waals surface area contributed by atoms with Crippen molar-refractivity contribution in [2.45, 2.75) is 13.8 Å². The minimum absolute atomic E-state index is 0.991. The van der Waals surface area contributed by atoms with Gasteiger partial charge >= 0.3 is 0 Å². The first kappa shape index (κ1) is 5.72. The molecule has 1 heterocycles. The summed E-state index contributed by atoms with van der Waals surface area (Å²) in [7, 11) is 0. The summed E-state index contributed by atoms with van der Waals surface area (Å²) in [6.07, 6.45) is 0. The molecular weight excluding hydrogens is 110 g/mol. The number of nitrogens with one attached hydrogen (secondary N) is 1. The van der Waals surface area contributed by atoms with Gasteiger partial charge in [-0.05, 0) is 36.8 Å². The van der Waals surface area contributed by atoms with Crippen molar-refractivity contribution in [3.63, 3.8) is 0 Å². The molecule has 0 aromatic heterocycles. The Labute approximate surface area is 56.8 Å². The van der Waals surface area contributed by atoms with Gasteiger partial charge in [0.1, 0.15) is 0 Å². The molecule has 1 aliphatic heterocycles. The van der Waals surface area contributed by atoms with Crippen LogP contribution in [0.4, 0.5) is 0 Å². The van der Waals surface area contributed by atoms with Crippen molar-refractivity contribution in [3.05, 3.63) is 0 Å². The van der Waals surface area contributed by atoms with Crippen LogP contribution >= 0.6 is 0 Å². The molecule has 9 heavy (non-hydrogen) atoms. The van der Waals surface area contributed by atoms with E-state index in [0.717, 1.165) is 23.7 Å². The van der Waals surface area contributed by atoms with Crippen molar-refractivity contribution in [2.75, 3.05) is 13.1 Å². The van der Waals surface area contributed by atoms with Crippen molar-refractivity contribution in [1.29, 1.82) is 0 Å². The van der Waals surface area contributed by atoms with Crippen molar-refractivity contribution < 1.29 is 0 Å². The van der Waals surface area contributed by atoms with Crippen LogP contribution in [0.1, 0.15) is 13.8 Å². The zero-order valence-electron chi connectivity index (χ0n) is 6.22. The van der Waals surface area contributed by atoms with Crippen LogP contribution in [-0.2, 0) is 0 Å². The quantitative estimate of drug-likeness (QED) is 0.511. The summed E-state index contributed by atoms with van der Waals surface area (Å²) < 4.78 is 0. The van der Waals surface area contributed by atoms with E-state index in [4.69, 9.17) is 0 Å². The predicted octanol–water partition coefficient (Wildman–Crippen LogP) is 1.11. The first-order valence-corrected chi connectivity index (χ1v) is 4.01. The highest BCUT2D eigenvalue weighted by Crippen LogP contribution is 2.47. The second-order valence-electron chi connectivity index (χ2n) is 3.70. The molecule has 2 rings (SSSR count). The van der Waals surface area contributed by atoms with Gasteiger partial charge in [-0.2, -0.15) is 0 Å². The zero-order chi connectivity index (χ0) is 6.43. The van der Waals surface area contributed by atoms with Gasteiger partial charge in [0.05, 0.1) is 0 Å². The molecule has 0 spiro atoms. The highest BCUT2D eigenvalue weighted by atomic mass is 14.9. The molecule has 0 aromatic rings. The number of rotatable bonds is 0. The lowest BCUT2D eigenvalue weighted by molar-refractivity contribution is 0.0462.